The molecule has 0 aliphatic rings. The third-order valence-corrected chi connectivity index (χ3v) is 5.61. The van der Waals surface area contributed by atoms with Gasteiger partial charge in [-0.15, -0.1) is 0 Å². The molecule has 1 unspecified atom stereocenters. The van der Waals surface area contributed by atoms with Crippen LogP contribution in [0.4, 0.5) is 0 Å². The van der Waals surface area contributed by atoms with E-state index in [0.717, 1.165) is 11.0 Å². The van der Waals surface area contributed by atoms with Gasteiger partial charge in [-0.3, -0.25) is 4.79 Å². The fourth-order valence-corrected chi connectivity index (χ4v) is 3.88. The molecule has 4 rings (SSSR count). The third-order valence-electron chi connectivity index (χ3n) is 5.08. The minimum Gasteiger partial charge on any atom is -0.491 e. The van der Waals surface area contributed by atoms with Crippen molar-refractivity contribution in [3.8, 4) is 11.5 Å². The maximum atomic E-state index is 11.4. The molecule has 4 aromatic rings. The molecule has 0 saturated carbocycles. The number of Topliss-reactive ketones (excluding diaryl/α,β-unsaturated/α-hetero) is 1. The number of para-hydroxylation sites is 2. The number of benzene rings is 3. The van der Waals surface area contributed by atoms with Crippen LogP contribution in [0.25, 0.3) is 11.0 Å². The second-order valence-corrected chi connectivity index (χ2v) is 8.38. The first-order valence-electron chi connectivity index (χ1n) is 10.3. The molecular formula is C25H22Cl2N2O4. The van der Waals surface area contributed by atoms with Gasteiger partial charge in [0.15, 0.2) is 5.78 Å². The summed E-state index contributed by atoms with van der Waals surface area (Å²) >= 11 is 12.2. The largest absolute Gasteiger partial charge is 0.491 e. The van der Waals surface area contributed by atoms with Gasteiger partial charge < -0.3 is 19.1 Å². The lowest BCUT2D eigenvalue weighted by atomic mass is 10.1. The zero-order valence-corrected chi connectivity index (χ0v) is 19.4. The van der Waals surface area contributed by atoms with Gasteiger partial charge in [-0.2, -0.15) is 0 Å². The molecule has 0 saturated heterocycles. The van der Waals surface area contributed by atoms with Crippen molar-refractivity contribution >= 4 is 40.0 Å². The Morgan fingerprint density at radius 2 is 1.82 bits per heavy atom. The van der Waals surface area contributed by atoms with Crippen LogP contribution in [-0.4, -0.2) is 33.2 Å². The average Bonchev–Trinajstić information content (AvgIpc) is 3.14. The minimum atomic E-state index is -0.798. The quantitative estimate of drug-likeness (QED) is 0.314. The summed E-state index contributed by atoms with van der Waals surface area (Å²) < 4.78 is 13.5. The van der Waals surface area contributed by atoms with E-state index < -0.39 is 6.10 Å². The number of nitrogens with zero attached hydrogens (tertiary/aromatic N) is 2. The molecule has 8 heteroatoms. The minimum absolute atomic E-state index is 0.0109. The molecule has 1 atom stereocenters. The number of fused-ring (bicyclic) bond motifs is 1. The Morgan fingerprint density at radius 3 is 2.55 bits per heavy atom. The zero-order valence-electron chi connectivity index (χ0n) is 17.9. The van der Waals surface area contributed by atoms with Crippen LogP contribution in [0.2, 0.25) is 10.0 Å². The summed E-state index contributed by atoms with van der Waals surface area (Å²) in [6.07, 6.45) is -0.798. The van der Waals surface area contributed by atoms with Crippen LogP contribution in [0.5, 0.6) is 11.5 Å². The van der Waals surface area contributed by atoms with E-state index in [0.29, 0.717) is 32.9 Å². The fraction of sp³-hybridized carbons (Fsp3) is 0.200. The van der Waals surface area contributed by atoms with E-state index in [1.54, 1.807) is 42.5 Å². The number of hydrogen-bond donors (Lipinski definition) is 1. The number of aromatic nitrogens is 2. The fourth-order valence-electron chi connectivity index (χ4n) is 3.42. The van der Waals surface area contributed by atoms with Crippen molar-refractivity contribution in [1.82, 2.24) is 9.55 Å². The molecule has 6 nitrogen and oxygen atoms in total. The monoisotopic (exact) mass is 484 g/mol. The Balaban J connectivity index is 1.47. The number of aliphatic hydroxyl groups is 1. The molecule has 0 amide bonds. The summed E-state index contributed by atoms with van der Waals surface area (Å²) in [5.74, 6) is 1.71. The van der Waals surface area contributed by atoms with E-state index in [-0.39, 0.29) is 25.5 Å². The van der Waals surface area contributed by atoms with Crippen molar-refractivity contribution in [3.63, 3.8) is 0 Å². The van der Waals surface area contributed by atoms with Crippen LogP contribution in [-0.2, 0) is 13.2 Å². The predicted molar refractivity (Wildman–Crippen MR) is 128 cm³/mol. The highest BCUT2D eigenvalue weighted by molar-refractivity contribution is 6.35. The first-order valence-corrected chi connectivity index (χ1v) is 11.1. The van der Waals surface area contributed by atoms with E-state index >= 15 is 0 Å². The molecule has 0 radical (unpaired) electrons. The number of rotatable bonds is 9. The van der Waals surface area contributed by atoms with Crippen LogP contribution >= 0.6 is 23.2 Å². The summed E-state index contributed by atoms with van der Waals surface area (Å²) in [7, 11) is 0. The number of ketones is 1. The lowest BCUT2D eigenvalue weighted by Crippen LogP contribution is -2.25. The lowest BCUT2D eigenvalue weighted by Gasteiger charge is -2.16. The van der Waals surface area contributed by atoms with Gasteiger partial charge in [0.2, 0.25) is 0 Å². The standard InChI is InChI=1S/C25H22Cl2N2O4/c1-16(30)17-6-9-20(10-7-17)32-14-19(31)13-29-23-5-3-2-4-22(23)28-25(29)15-33-24-11-8-18(26)12-21(24)27/h2-12,19,31H,13-15H2,1H3. The summed E-state index contributed by atoms with van der Waals surface area (Å²) in [4.78, 5) is 16.1. The number of aliphatic hydroxyl groups excluding tert-OH is 1. The Labute approximate surface area is 201 Å². The van der Waals surface area contributed by atoms with E-state index in [4.69, 9.17) is 32.7 Å². The molecule has 0 aliphatic heterocycles. The Kier molecular flexibility index (Phi) is 7.18. The molecule has 0 spiro atoms. The van der Waals surface area contributed by atoms with E-state index in [1.165, 1.54) is 6.92 Å². The molecule has 33 heavy (non-hydrogen) atoms. The number of carbonyl (C=O) groups is 1. The van der Waals surface area contributed by atoms with Crippen molar-refractivity contribution in [2.24, 2.45) is 0 Å². The Bertz CT molecular complexity index is 1270. The molecule has 170 valence electrons. The summed E-state index contributed by atoms with van der Waals surface area (Å²) in [6.45, 7) is 2.02. The predicted octanol–water partition coefficient (Wildman–Crippen LogP) is 5.56. The summed E-state index contributed by atoms with van der Waals surface area (Å²) in [5, 5.41) is 11.6. The number of carbonyl (C=O) groups excluding carboxylic acids is 1. The molecule has 0 aliphatic carbocycles. The highest BCUT2D eigenvalue weighted by Gasteiger charge is 2.16. The van der Waals surface area contributed by atoms with Gasteiger partial charge in [-0.1, -0.05) is 35.3 Å². The van der Waals surface area contributed by atoms with Gasteiger partial charge in [-0.05, 0) is 61.5 Å². The van der Waals surface area contributed by atoms with Crippen molar-refractivity contribution in [1.29, 1.82) is 0 Å². The summed E-state index contributed by atoms with van der Waals surface area (Å²) in [5.41, 5.74) is 2.28. The lowest BCUT2D eigenvalue weighted by molar-refractivity contribution is 0.0916. The molecule has 0 fully saturated rings. The second-order valence-electron chi connectivity index (χ2n) is 7.54. The summed E-state index contributed by atoms with van der Waals surface area (Å²) in [6, 6.07) is 19.5. The van der Waals surface area contributed by atoms with Crippen LogP contribution in [0.1, 0.15) is 23.1 Å². The van der Waals surface area contributed by atoms with E-state index in [9.17, 15) is 9.90 Å². The van der Waals surface area contributed by atoms with Gasteiger partial charge in [0.05, 0.1) is 22.6 Å². The van der Waals surface area contributed by atoms with Crippen LogP contribution in [0.3, 0.4) is 0 Å². The highest BCUT2D eigenvalue weighted by atomic mass is 35.5. The third kappa shape index (κ3) is 5.66. The van der Waals surface area contributed by atoms with Crippen molar-refractivity contribution < 1.29 is 19.4 Å². The molecule has 1 heterocycles. The Morgan fingerprint density at radius 1 is 1.06 bits per heavy atom. The maximum Gasteiger partial charge on any atom is 0.159 e. The van der Waals surface area contributed by atoms with Crippen molar-refractivity contribution in [2.45, 2.75) is 26.2 Å². The van der Waals surface area contributed by atoms with Crippen molar-refractivity contribution in [3.05, 3.63) is 88.2 Å². The molecule has 3 aromatic carbocycles. The second kappa shape index (κ2) is 10.3. The van der Waals surface area contributed by atoms with Crippen LogP contribution < -0.4 is 9.47 Å². The first-order chi connectivity index (χ1) is 15.9. The number of ether oxygens (including phenoxy) is 2. The van der Waals surface area contributed by atoms with Crippen LogP contribution in [0, 0.1) is 0 Å². The zero-order chi connectivity index (χ0) is 23.4. The van der Waals surface area contributed by atoms with Gasteiger partial charge in [0, 0.05) is 10.6 Å². The number of imidazole rings is 1. The van der Waals surface area contributed by atoms with Gasteiger partial charge >= 0.3 is 0 Å². The molecule has 1 N–H and O–H groups in total. The number of halogens is 2. The van der Waals surface area contributed by atoms with Gasteiger partial charge in [0.25, 0.3) is 0 Å². The topological polar surface area (TPSA) is 73.6 Å². The van der Waals surface area contributed by atoms with Gasteiger partial charge in [-0.25, -0.2) is 4.98 Å². The van der Waals surface area contributed by atoms with E-state index in [1.807, 2.05) is 28.8 Å². The highest BCUT2D eigenvalue weighted by Crippen LogP contribution is 2.28. The Hall–Kier alpha value is -3.06. The molecule has 0 bridgehead atoms. The van der Waals surface area contributed by atoms with Crippen LogP contribution in [0.15, 0.2) is 66.7 Å². The SMILES string of the molecule is CC(=O)c1ccc(OCC(O)Cn2c(COc3ccc(Cl)cc3Cl)nc3ccccc32)cc1. The van der Waals surface area contributed by atoms with E-state index in [2.05, 4.69) is 4.98 Å². The molecule has 1 aromatic heterocycles. The first kappa shape index (κ1) is 23.1. The van der Waals surface area contributed by atoms with Gasteiger partial charge in [0.1, 0.15) is 36.6 Å². The average molecular weight is 485 g/mol. The maximum absolute atomic E-state index is 11.4. The smallest absolute Gasteiger partial charge is 0.159 e. The number of hydrogen-bond acceptors (Lipinski definition) is 5. The van der Waals surface area contributed by atoms with Crippen molar-refractivity contribution in [2.75, 3.05) is 6.61 Å². The molecular weight excluding hydrogens is 463 g/mol. The normalized spacial score (nSPS) is 12.0.